The van der Waals surface area contributed by atoms with E-state index in [0.717, 1.165) is 10.8 Å². The molecule has 7 heteroatoms. The second-order valence-corrected chi connectivity index (χ2v) is 5.52. The van der Waals surface area contributed by atoms with Crippen LogP contribution in [0.1, 0.15) is 43.1 Å². The lowest BCUT2D eigenvalue weighted by Crippen LogP contribution is -2.12. The van der Waals surface area contributed by atoms with E-state index in [2.05, 4.69) is 26.8 Å². The highest BCUT2D eigenvalue weighted by Crippen LogP contribution is 2.48. The fourth-order valence-corrected chi connectivity index (χ4v) is 3.01. The minimum absolute atomic E-state index is 0.0925. The van der Waals surface area contributed by atoms with Crippen molar-refractivity contribution in [1.29, 1.82) is 0 Å². The van der Waals surface area contributed by atoms with Gasteiger partial charge in [0.15, 0.2) is 5.82 Å². The Morgan fingerprint density at radius 3 is 2.94 bits per heavy atom. The van der Waals surface area contributed by atoms with Crippen molar-refractivity contribution >= 4 is 22.4 Å². The lowest BCUT2D eigenvalue weighted by atomic mass is 10.2. The van der Waals surface area contributed by atoms with Crippen molar-refractivity contribution in [3.05, 3.63) is 17.7 Å². The van der Waals surface area contributed by atoms with Crippen LogP contribution in [-0.4, -0.2) is 19.1 Å². The molecule has 0 bridgehead atoms. The van der Waals surface area contributed by atoms with Crippen LogP contribution < -0.4 is 11.1 Å². The third-order valence-electron chi connectivity index (χ3n) is 3.22. The number of nitrogen functional groups attached to an aromatic ring is 1. The second kappa shape index (κ2) is 4.24. The summed E-state index contributed by atoms with van der Waals surface area (Å²) in [5, 5.41) is 12.5. The molecular weight excluding hydrogens is 248 g/mol. The van der Waals surface area contributed by atoms with Crippen molar-refractivity contribution in [2.45, 2.75) is 31.7 Å². The zero-order chi connectivity index (χ0) is 12.7. The molecule has 2 aromatic rings. The molecule has 2 aromatic heterocycles. The number of hydrogen-bond acceptors (Lipinski definition) is 6. The lowest BCUT2D eigenvalue weighted by Gasteiger charge is -2.13. The number of nitrogens with zero attached hydrogens (tertiary/aromatic N) is 4. The fraction of sp³-hybridized carbons (Fsp3) is 0.545. The Morgan fingerprint density at radius 2 is 2.33 bits per heavy atom. The van der Waals surface area contributed by atoms with Crippen LogP contribution in [0.15, 0.2) is 6.33 Å². The first kappa shape index (κ1) is 11.5. The first-order valence-electron chi connectivity index (χ1n) is 6.02. The van der Waals surface area contributed by atoms with Crippen LogP contribution in [0.4, 0.5) is 10.8 Å². The van der Waals surface area contributed by atoms with E-state index in [1.165, 1.54) is 29.9 Å². The molecule has 0 spiro atoms. The number of hydrogen-bond donors (Lipinski definition) is 2. The van der Waals surface area contributed by atoms with Crippen molar-refractivity contribution in [3.63, 3.8) is 0 Å². The Balaban J connectivity index is 1.82. The highest BCUT2D eigenvalue weighted by Gasteiger charge is 2.31. The van der Waals surface area contributed by atoms with Crippen LogP contribution in [0.2, 0.25) is 0 Å². The Morgan fingerprint density at radius 1 is 1.56 bits per heavy atom. The van der Waals surface area contributed by atoms with Gasteiger partial charge >= 0.3 is 0 Å². The van der Waals surface area contributed by atoms with E-state index in [4.69, 9.17) is 5.73 Å². The third-order valence-corrected chi connectivity index (χ3v) is 4.03. The van der Waals surface area contributed by atoms with E-state index in [1.54, 1.807) is 6.33 Å². The number of rotatable bonds is 4. The van der Waals surface area contributed by atoms with E-state index >= 15 is 0 Å². The summed E-state index contributed by atoms with van der Waals surface area (Å²) in [5.41, 5.74) is 7.12. The van der Waals surface area contributed by atoms with Crippen molar-refractivity contribution in [3.8, 4) is 0 Å². The molecule has 0 aliphatic heterocycles. The zero-order valence-electron chi connectivity index (χ0n) is 10.4. The van der Waals surface area contributed by atoms with Crippen LogP contribution in [0, 0.1) is 0 Å². The lowest BCUT2D eigenvalue weighted by molar-refractivity contribution is 0.720. The monoisotopic (exact) mass is 264 g/mol. The fourth-order valence-electron chi connectivity index (χ4n) is 2.13. The van der Waals surface area contributed by atoms with Crippen LogP contribution in [0.25, 0.3) is 0 Å². The van der Waals surface area contributed by atoms with Crippen molar-refractivity contribution in [2.24, 2.45) is 7.05 Å². The molecule has 3 N–H and O–H groups in total. The zero-order valence-corrected chi connectivity index (χ0v) is 11.2. The molecule has 1 aliphatic carbocycles. The topological polar surface area (TPSA) is 81.7 Å². The Kier molecular flexibility index (Phi) is 2.70. The van der Waals surface area contributed by atoms with Gasteiger partial charge in [0, 0.05) is 12.6 Å². The van der Waals surface area contributed by atoms with Crippen LogP contribution >= 0.6 is 11.5 Å². The standard InChI is InChI=1S/C11H16N6S/c1-6(10-15-13-5-17(10)2)14-11-8(7-3-4-7)9(12)16-18-11/h5-7,14H,3-4H2,1-2H3,(H2,12,16). The summed E-state index contributed by atoms with van der Waals surface area (Å²) in [7, 11) is 1.94. The maximum atomic E-state index is 5.93. The molecule has 1 aliphatic rings. The summed E-state index contributed by atoms with van der Waals surface area (Å²) in [5.74, 6) is 2.18. The van der Waals surface area contributed by atoms with Gasteiger partial charge in [0.05, 0.1) is 6.04 Å². The molecule has 1 atom stereocenters. The maximum Gasteiger partial charge on any atom is 0.154 e. The molecule has 3 rings (SSSR count). The van der Waals surface area contributed by atoms with Crippen molar-refractivity contribution in [1.82, 2.24) is 19.1 Å². The highest BCUT2D eigenvalue weighted by atomic mass is 32.1. The Labute approximate surface area is 109 Å². The number of nitrogens with one attached hydrogen (secondary N) is 1. The quantitative estimate of drug-likeness (QED) is 0.881. The summed E-state index contributed by atoms with van der Waals surface area (Å²) in [6, 6.07) is 0.0925. The van der Waals surface area contributed by atoms with E-state index in [-0.39, 0.29) is 6.04 Å². The predicted octanol–water partition coefficient (Wildman–Crippen LogP) is 1.90. The molecule has 2 heterocycles. The van der Waals surface area contributed by atoms with Gasteiger partial charge in [-0.15, -0.1) is 10.2 Å². The Hall–Kier alpha value is -1.63. The summed E-state index contributed by atoms with van der Waals surface area (Å²) in [6.07, 6.45) is 4.14. The van der Waals surface area contributed by atoms with E-state index in [9.17, 15) is 0 Å². The average Bonchev–Trinajstić information content (AvgIpc) is 2.97. The normalized spacial score (nSPS) is 16.8. The maximum absolute atomic E-state index is 5.93. The van der Waals surface area contributed by atoms with Crippen LogP contribution in [-0.2, 0) is 7.05 Å². The minimum Gasteiger partial charge on any atom is -0.383 e. The molecule has 0 saturated heterocycles. The molecule has 6 nitrogen and oxygen atoms in total. The number of aryl methyl sites for hydroxylation is 1. The van der Waals surface area contributed by atoms with Gasteiger partial charge in [0.2, 0.25) is 0 Å². The summed E-state index contributed by atoms with van der Waals surface area (Å²) in [4.78, 5) is 0. The molecule has 96 valence electrons. The molecule has 0 radical (unpaired) electrons. The summed E-state index contributed by atoms with van der Waals surface area (Å²) < 4.78 is 6.16. The smallest absolute Gasteiger partial charge is 0.154 e. The third kappa shape index (κ3) is 1.94. The number of nitrogens with two attached hydrogens (primary N) is 1. The highest BCUT2D eigenvalue weighted by molar-refractivity contribution is 7.10. The van der Waals surface area contributed by atoms with Gasteiger partial charge in [0.25, 0.3) is 0 Å². The Bertz CT molecular complexity index is 556. The predicted molar refractivity (Wildman–Crippen MR) is 71.5 cm³/mol. The summed E-state index contributed by atoms with van der Waals surface area (Å²) >= 11 is 1.43. The summed E-state index contributed by atoms with van der Waals surface area (Å²) in [6.45, 7) is 2.07. The van der Waals surface area contributed by atoms with E-state index in [0.29, 0.717) is 11.7 Å². The van der Waals surface area contributed by atoms with E-state index in [1.807, 2.05) is 11.6 Å². The first-order chi connectivity index (χ1) is 8.66. The molecule has 0 aromatic carbocycles. The van der Waals surface area contributed by atoms with Crippen molar-refractivity contribution < 1.29 is 0 Å². The molecule has 18 heavy (non-hydrogen) atoms. The molecule has 1 fully saturated rings. The van der Waals surface area contributed by atoms with Gasteiger partial charge in [-0.25, -0.2) is 0 Å². The van der Waals surface area contributed by atoms with Crippen molar-refractivity contribution in [2.75, 3.05) is 11.1 Å². The SMILES string of the molecule is CC(Nc1snc(N)c1C1CC1)c1nncn1C. The van der Waals surface area contributed by atoms with Gasteiger partial charge in [0.1, 0.15) is 17.1 Å². The van der Waals surface area contributed by atoms with Gasteiger partial charge in [-0.3, -0.25) is 0 Å². The van der Waals surface area contributed by atoms with E-state index < -0.39 is 0 Å². The molecule has 1 saturated carbocycles. The average molecular weight is 264 g/mol. The van der Waals surface area contributed by atoms with Gasteiger partial charge in [-0.2, -0.15) is 4.37 Å². The molecular formula is C11H16N6S. The van der Waals surface area contributed by atoms with Crippen LogP contribution in [0.3, 0.4) is 0 Å². The number of aromatic nitrogens is 4. The van der Waals surface area contributed by atoms with Gasteiger partial charge in [-0.05, 0) is 37.2 Å². The van der Waals surface area contributed by atoms with Gasteiger partial charge in [-0.1, -0.05) is 0 Å². The van der Waals surface area contributed by atoms with Gasteiger partial charge < -0.3 is 15.6 Å². The number of anilines is 2. The first-order valence-corrected chi connectivity index (χ1v) is 6.79. The largest absolute Gasteiger partial charge is 0.383 e. The molecule has 0 amide bonds. The second-order valence-electron chi connectivity index (χ2n) is 4.75. The van der Waals surface area contributed by atoms with Crippen LogP contribution in [0.5, 0.6) is 0 Å². The molecule has 1 unspecified atom stereocenters. The minimum atomic E-state index is 0.0925.